The standard InChI is InChI=1S/C13H14BrF2NO2/c14-7-13(5-6-13)8-17-11(18)9-3-1-2-4-10(9)19-12(15)16/h1-4,12H,5-8H2,(H,17,18). The number of amides is 1. The van der Waals surface area contributed by atoms with Crippen molar-refractivity contribution in [2.75, 3.05) is 11.9 Å². The van der Waals surface area contributed by atoms with Crippen molar-refractivity contribution in [3.05, 3.63) is 29.8 Å². The van der Waals surface area contributed by atoms with E-state index in [9.17, 15) is 13.6 Å². The highest BCUT2D eigenvalue weighted by atomic mass is 79.9. The molecule has 0 spiro atoms. The third-order valence-electron chi connectivity index (χ3n) is 3.21. The highest BCUT2D eigenvalue weighted by Crippen LogP contribution is 2.46. The Bertz CT molecular complexity index is 464. The average Bonchev–Trinajstić information content (AvgIpc) is 3.17. The fraction of sp³-hybridized carbons (Fsp3) is 0.462. The van der Waals surface area contributed by atoms with Crippen molar-refractivity contribution in [3.63, 3.8) is 0 Å². The number of para-hydroxylation sites is 1. The van der Waals surface area contributed by atoms with Crippen molar-refractivity contribution >= 4 is 21.8 Å². The molecule has 1 aliphatic carbocycles. The first-order chi connectivity index (χ1) is 9.06. The quantitative estimate of drug-likeness (QED) is 0.812. The van der Waals surface area contributed by atoms with Gasteiger partial charge in [-0.3, -0.25) is 4.79 Å². The van der Waals surface area contributed by atoms with Crippen LogP contribution in [0, 0.1) is 5.41 Å². The molecule has 19 heavy (non-hydrogen) atoms. The van der Waals surface area contributed by atoms with Crippen LogP contribution in [0.3, 0.4) is 0 Å². The van der Waals surface area contributed by atoms with Crippen molar-refractivity contribution in [2.24, 2.45) is 5.41 Å². The van der Waals surface area contributed by atoms with Crippen LogP contribution in [-0.2, 0) is 0 Å². The van der Waals surface area contributed by atoms with E-state index in [0.717, 1.165) is 18.2 Å². The van der Waals surface area contributed by atoms with Crippen molar-refractivity contribution in [2.45, 2.75) is 19.5 Å². The Morgan fingerprint density at radius 2 is 2.11 bits per heavy atom. The molecule has 0 atom stereocenters. The fourth-order valence-electron chi connectivity index (χ4n) is 1.75. The largest absolute Gasteiger partial charge is 0.434 e. The summed E-state index contributed by atoms with van der Waals surface area (Å²) in [4.78, 5) is 12.0. The van der Waals surface area contributed by atoms with Crippen LogP contribution in [0.1, 0.15) is 23.2 Å². The van der Waals surface area contributed by atoms with E-state index in [4.69, 9.17) is 0 Å². The van der Waals surface area contributed by atoms with E-state index in [1.165, 1.54) is 12.1 Å². The summed E-state index contributed by atoms with van der Waals surface area (Å²) in [5.74, 6) is -0.484. The molecule has 0 aliphatic heterocycles. The van der Waals surface area contributed by atoms with E-state index < -0.39 is 6.61 Å². The van der Waals surface area contributed by atoms with Gasteiger partial charge >= 0.3 is 6.61 Å². The maximum atomic E-state index is 12.2. The Morgan fingerprint density at radius 3 is 2.68 bits per heavy atom. The van der Waals surface area contributed by atoms with E-state index in [1.807, 2.05) is 0 Å². The van der Waals surface area contributed by atoms with Gasteiger partial charge < -0.3 is 10.1 Å². The number of ether oxygens (including phenoxy) is 1. The lowest BCUT2D eigenvalue weighted by atomic mass is 10.1. The van der Waals surface area contributed by atoms with E-state index in [-0.39, 0.29) is 22.6 Å². The molecule has 3 nitrogen and oxygen atoms in total. The van der Waals surface area contributed by atoms with Crippen LogP contribution >= 0.6 is 15.9 Å². The van der Waals surface area contributed by atoms with Crippen LogP contribution in [0.15, 0.2) is 24.3 Å². The van der Waals surface area contributed by atoms with Crippen molar-refractivity contribution in [1.29, 1.82) is 0 Å². The fourth-order valence-corrected chi connectivity index (χ4v) is 2.51. The van der Waals surface area contributed by atoms with Crippen LogP contribution in [0.5, 0.6) is 5.75 Å². The number of carbonyl (C=O) groups excluding carboxylic acids is 1. The third kappa shape index (κ3) is 3.65. The molecule has 1 fully saturated rings. The van der Waals surface area contributed by atoms with E-state index in [0.29, 0.717) is 6.54 Å². The molecule has 1 amide bonds. The number of rotatable bonds is 6. The molecule has 1 aromatic rings. The number of carbonyl (C=O) groups is 1. The van der Waals surface area contributed by atoms with Gasteiger partial charge in [-0.25, -0.2) is 0 Å². The topological polar surface area (TPSA) is 38.3 Å². The summed E-state index contributed by atoms with van der Waals surface area (Å²) in [5.41, 5.74) is 0.266. The van der Waals surface area contributed by atoms with Crippen molar-refractivity contribution in [1.82, 2.24) is 5.32 Å². The summed E-state index contributed by atoms with van der Waals surface area (Å²) in [5, 5.41) is 3.60. The van der Waals surface area contributed by atoms with Crippen LogP contribution in [0.25, 0.3) is 0 Å². The van der Waals surface area contributed by atoms with Gasteiger partial charge in [0.25, 0.3) is 5.91 Å². The van der Waals surface area contributed by atoms with Gasteiger partial charge in [-0.1, -0.05) is 28.1 Å². The first-order valence-electron chi connectivity index (χ1n) is 5.94. The maximum Gasteiger partial charge on any atom is 0.387 e. The smallest absolute Gasteiger partial charge is 0.387 e. The van der Waals surface area contributed by atoms with Crippen LogP contribution in [0.2, 0.25) is 0 Å². The zero-order valence-electron chi connectivity index (χ0n) is 10.2. The number of benzene rings is 1. The molecule has 0 aromatic heterocycles. The van der Waals surface area contributed by atoms with Crippen molar-refractivity contribution in [3.8, 4) is 5.75 Å². The van der Waals surface area contributed by atoms with E-state index in [2.05, 4.69) is 26.0 Å². The molecule has 1 N–H and O–H groups in total. The summed E-state index contributed by atoms with van der Waals surface area (Å²) >= 11 is 3.41. The summed E-state index contributed by atoms with van der Waals surface area (Å²) in [6, 6.07) is 6.00. The number of nitrogens with one attached hydrogen (secondary N) is 1. The molecule has 1 aromatic carbocycles. The zero-order chi connectivity index (χ0) is 13.9. The minimum atomic E-state index is -2.94. The first-order valence-corrected chi connectivity index (χ1v) is 7.06. The van der Waals surface area contributed by atoms with Gasteiger partial charge in [-0.2, -0.15) is 8.78 Å². The summed E-state index contributed by atoms with van der Waals surface area (Å²) in [7, 11) is 0. The molecule has 0 unspecified atom stereocenters. The molecule has 0 heterocycles. The molecule has 0 radical (unpaired) electrons. The number of hydrogen-bond donors (Lipinski definition) is 1. The first kappa shape index (κ1) is 14.2. The van der Waals surface area contributed by atoms with Crippen molar-refractivity contribution < 1.29 is 18.3 Å². The predicted octanol–water partition coefficient (Wildman–Crippen LogP) is 3.19. The highest BCUT2D eigenvalue weighted by molar-refractivity contribution is 9.09. The zero-order valence-corrected chi connectivity index (χ0v) is 11.8. The monoisotopic (exact) mass is 333 g/mol. The van der Waals surface area contributed by atoms with Crippen LogP contribution < -0.4 is 10.1 Å². The highest BCUT2D eigenvalue weighted by Gasteiger charge is 2.41. The molecular formula is C13H14BrF2NO2. The second-order valence-corrected chi connectivity index (χ2v) is 5.25. The van der Waals surface area contributed by atoms with E-state index in [1.54, 1.807) is 12.1 Å². The number of halogens is 3. The van der Waals surface area contributed by atoms with Gasteiger partial charge in [-0.05, 0) is 30.4 Å². The molecule has 2 rings (SSSR count). The Hall–Kier alpha value is -1.17. The molecule has 0 saturated heterocycles. The molecule has 104 valence electrons. The normalized spacial score (nSPS) is 16.2. The van der Waals surface area contributed by atoms with Gasteiger partial charge in [0.15, 0.2) is 0 Å². The lowest BCUT2D eigenvalue weighted by molar-refractivity contribution is -0.0501. The molecule has 1 saturated carbocycles. The lowest BCUT2D eigenvalue weighted by Gasteiger charge is -2.14. The minimum Gasteiger partial charge on any atom is -0.434 e. The third-order valence-corrected chi connectivity index (χ3v) is 4.40. The van der Waals surface area contributed by atoms with Gasteiger partial charge in [-0.15, -0.1) is 0 Å². The Labute approximate surface area is 118 Å². The Balaban J connectivity index is 2.02. The molecular weight excluding hydrogens is 320 g/mol. The summed E-state index contributed by atoms with van der Waals surface area (Å²) < 4.78 is 28.8. The molecule has 6 heteroatoms. The van der Waals surface area contributed by atoms with E-state index >= 15 is 0 Å². The summed E-state index contributed by atoms with van der Waals surface area (Å²) in [6.07, 6.45) is 2.13. The second kappa shape index (κ2) is 5.86. The number of hydrogen-bond acceptors (Lipinski definition) is 2. The average molecular weight is 334 g/mol. The molecule has 1 aliphatic rings. The SMILES string of the molecule is O=C(NCC1(CBr)CC1)c1ccccc1OC(F)F. The van der Waals surface area contributed by atoms with Gasteiger partial charge in [0.1, 0.15) is 5.75 Å². The van der Waals surface area contributed by atoms with Gasteiger partial charge in [0.05, 0.1) is 5.56 Å². The minimum absolute atomic E-state index is 0.0984. The Morgan fingerprint density at radius 1 is 1.42 bits per heavy atom. The van der Waals surface area contributed by atoms with Crippen LogP contribution in [0.4, 0.5) is 8.78 Å². The van der Waals surface area contributed by atoms with Crippen LogP contribution in [-0.4, -0.2) is 24.4 Å². The number of alkyl halides is 3. The lowest BCUT2D eigenvalue weighted by Crippen LogP contribution is -2.31. The summed E-state index contributed by atoms with van der Waals surface area (Å²) in [6.45, 7) is -2.40. The molecule has 0 bridgehead atoms. The predicted molar refractivity (Wildman–Crippen MR) is 70.9 cm³/mol. The second-order valence-electron chi connectivity index (χ2n) is 4.69. The van der Waals surface area contributed by atoms with Gasteiger partial charge in [0, 0.05) is 11.9 Å². The maximum absolute atomic E-state index is 12.2. The Kier molecular flexibility index (Phi) is 4.39. The van der Waals surface area contributed by atoms with Gasteiger partial charge in [0.2, 0.25) is 0 Å².